The zero-order chi connectivity index (χ0) is 17.8. The normalized spacial score (nSPS) is 15.5. The molecule has 136 valence electrons. The molecule has 0 unspecified atom stereocenters. The average Bonchev–Trinajstić information content (AvgIpc) is 3.09. The standard InChI is InChI=1S/C18H26N4OS2/c1-4-5-7-15-20-14(3)16(25-15)17(23)21-8-6-9-22(11-10-21)18-19-13(2)12-24-18/h12H,4-11H2,1-3H3. The summed E-state index contributed by atoms with van der Waals surface area (Å²) in [7, 11) is 0. The van der Waals surface area contributed by atoms with E-state index in [1.165, 1.54) is 0 Å². The van der Waals surface area contributed by atoms with Crippen molar-refractivity contribution in [1.29, 1.82) is 0 Å². The Morgan fingerprint density at radius 2 is 2.04 bits per heavy atom. The maximum Gasteiger partial charge on any atom is 0.265 e. The molecule has 25 heavy (non-hydrogen) atoms. The smallest absolute Gasteiger partial charge is 0.265 e. The molecule has 0 aromatic carbocycles. The zero-order valence-corrected chi connectivity index (χ0v) is 16.9. The summed E-state index contributed by atoms with van der Waals surface area (Å²) in [5, 5.41) is 4.25. The van der Waals surface area contributed by atoms with Crippen LogP contribution in [-0.4, -0.2) is 47.0 Å². The number of hydrogen-bond donors (Lipinski definition) is 0. The highest BCUT2D eigenvalue weighted by atomic mass is 32.1. The van der Waals surface area contributed by atoms with Crippen LogP contribution in [0.4, 0.5) is 5.13 Å². The number of aryl methyl sites for hydroxylation is 3. The molecule has 1 amide bonds. The SMILES string of the molecule is CCCCc1nc(C)c(C(=O)N2CCCN(c3nc(C)cs3)CC2)s1. The van der Waals surface area contributed by atoms with Crippen LogP contribution in [0.2, 0.25) is 0 Å². The molecule has 0 N–H and O–H groups in total. The van der Waals surface area contributed by atoms with Gasteiger partial charge >= 0.3 is 0 Å². The molecule has 0 radical (unpaired) electrons. The third-order valence-electron chi connectivity index (χ3n) is 4.44. The van der Waals surface area contributed by atoms with Crippen molar-refractivity contribution in [2.24, 2.45) is 0 Å². The summed E-state index contributed by atoms with van der Waals surface area (Å²) in [6, 6.07) is 0. The fourth-order valence-corrected chi connectivity index (χ4v) is 4.96. The van der Waals surface area contributed by atoms with Crippen LogP contribution in [0.5, 0.6) is 0 Å². The molecule has 1 saturated heterocycles. The lowest BCUT2D eigenvalue weighted by Crippen LogP contribution is -2.35. The molecule has 0 saturated carbocycles. The van der Waals surface area contributed by atoms with E-state index in [0.717, 1.165) is 78.3 Å². The molecule has 0 spiro atoms. The number of amides is 1. The van der Waals surface area contributed by atoms with Crippen LogP contribution >= 0.6 is 22.7 Å². The van der Waals surface area contributed by atoms with E-state index in [4.69, 9.17) is 0 Å². The Kier molecular flexibility index (Phi) is 6.06. The predicted molar refractivity (Wildman–Crippen MR) is 105 cm³/mol. The molecule has 1 fully saturated rings. The number of carbonyl (C=O) groups excluding carboxylic acids is 1. The fourth-order valence-electron chi connectivity index (χ4n) is 3.03. The summed E-state index contributed by atoms with van der Waals surface area (Å²) >= 11 is 3.27. The number of unbranched alkanes of at least 4 members (excludes halogenated alkanes) is 1. The van der Waals surface area contributed by atoms with Crippen LogP contribution in [0.15, 0.2) is 5.38 Å². The van der Waals surface area contributed by atoms with Gasteiger partial charge in [0.2, 0.25) is 0 Å². The summed E-state index contributed by atoms with van der Waals surface area (Å²) in [6.45, 7) is 9.53. The van der Waals surface area contributed by atoms with E-state index in [9.17, 15) is 4.79 Å². The number of anilines is 1. The summed E-state index contributed by atoms with van der Waals surface area (Å²) in [5.41, 5.74) is 1.95. The van der Waals surface area contributed by atoms with Crippen molar-refractivity contribution in [2.45, 2.75) is 46.5 Å². The van der Waals surface area contributed by atoms with E-state index < -0.39 is 0 Å². The van der Waals surface area contributed by atoms with Gasteiger partial charge in [0, 0.05) is 31.6 Å². The van der Waals surface area contributed by atoms with Gasteiger partial charge < -0.3 is 9.80 Å². The Balaban J connectivity index is 1.66. The largest absolute Gasteiger partial charge is 0.346 e. The minimum absolute atomic E-state index is 0.148. The summed E-state index contributed by atoms with van der Waals surface area (Å²) < 4.78 is 0. The van der Waals surface area contributed by atoms with Gasteiger partial charge in [-0.3, -0.25) is 4.79 Å². The zero-order valence-electron chi connectivity index (χ0n) is 15.2. The Morgan fingerprint density at radius 3 is 2.76 bits per heavy atom. The third kappa shape index (κ3) is 4.39. The third-order valence-corrected chi connectivity index (χ3v) is 6.66. The van der Waals surface area contributed by atoms with Gasteiger partial charge in [0.25, 0.3) is 5.91 Å². The van der Waals surface area contributed by atoms with E-state index in [1.807, 2.05) is 18.7 Å². The van der Waals surface area contributed by atoms with Crippen LogP contribution in [0.1, 0.15) is 52.3 Å². The summed E-state index contributed by atoms with van der Waals surface area (Å²) in [6.07, 6.45) is 4.24. The van der Waals surface area contributed by atoms with Crippen LogP contribution in [-0.2, 0) is 6.42 Å². The summed E-state index contributed by atoms with van der Waals surface area (Å²) in [4.78, 5) is 27.3. The molecule has 0 aliphatic carbocycles. The van der Waals surface area contributed by atoms with E-state index in [2.05, 4.69) is 27.2 Å². The molecule has 2 aromatic rings. The first-order valence-electron chi connectivity index (χ1n) is 9.01. The van der Waals surface area contributed by atoms with Gasteiger partial charge in [0.15, 0.2) is 5.13 Å². The van der Waals surface area contributed by atoms with Gasteiger partial charge in [0.1, 0.15) is 4.88 Å². The summed E-state index contributed by atoms with van der Waals surface area (Å²) in [5.74, 6) is 0.148. The van der Waals surface area contributed by atoms with E-state index in [0.29, 0.717) is 0 Å². The Bertz CT molecular complexity index is 724. The van der Waals surface area contributed by atoms with Crippen molar-refractivity contribution in [3.05, 3.63) is 26.7 Å². The van der Waals surface area contributed by atoms with E-state index in [1.54, 1.807) is 22.7 Å². The van der Waals surface area contributed by atoms with Gasteiger partial charge in [0.05, 0.1) is 16.4 Å². The van der Waals surface area contributed by atoms with Crippen molar-refractivity contribution >= 4 is 33.7 Å². The molecular formula is C18H26N4OS2. The number of nitrogens with zero attached hydrogens (tertiary/aromatic N) is 4. The topological polar surface area (TPSA) is 49.3 Å². The highest BCUT2D eigenvalue weighted by Gasteiger charge is 2.24. The molecule has 0 atom stereocenters. The lowest BCUT2D eigenvalue weighted by molar-refractivity contribution is 0.0771. The molecule has 0 bridgehead atoms. The second-order valence-corrected chi connectivity index (χ2v) is 8.45. The number of carbonyl (C=O) groups is 1. The molecule has 5 nitrogen and oxygen atoms in total. The second kappa shape index (κ2) is 8.27. The van der Waals surface area contributed by atoms with Gasteiger partial charge in [-0.15, -0.1) is 22.7 Å². The lowest BCUT2D eigenvalue weighted by Gasteiger charge is -2.21. The first-order valence-corrected chi connectivity index (χ1v) is 10.7. The average molecular weight is 379 g/mol. The first kappa shape index (κ1) is 18.3. The predicted octanol–water partition coefficient (Wildman–Crippen LogP) is 3.91. The highest BCUT2D eigenvalue weighted by molar-refractivity contribution is 7.14. The minimum Gasteiger partial charge on any atom is -0.346 e. The maximum absolute atomic E-state index is 13.0. The molecule has 3 heterocycles. The van der Waals surface area contributed by atoms with Gasteiger partial charge in [-0.25, -0.2) is 9.97 Å². The number of rotatable bonds is 5. The Morgan fingerprint density at radius 1 is 1.20 bits per heavy atom. The number of hydrogen-bond acceptors (Lipinski definition) is 6. The van der Waals surface area contributed by atoms with Crippen LogP contribution in [0, 0.1) is 13.8 Å². The van der Waals surface area contributed by atoms with E-state index in [-0.39, 0.29) is 5.91 Å². The molecule has 7 heteroatoms. The molecular weight excluding hydrogens is 352 g/mol. The minimum atomic E-state index is 0.148. The second-order valence-electron chi connectivity index (χ2n) is 6.53. The maximum atomic E-state index is 13.0. The van der Waals surface area contributed by atoms with Crippen LogP contribution < -0.4 is 4.90 Å². The number of thiazole rings is 2. The molecule has 2 aromatic heterocycles. The van der Waals surface area contributed by atoms with Crippen molar-refractivity contribution < 1.29 is 4.79 Å². The van der Waals surface area contributed by atoms with E-state index >= 15 is 0 Å². The van der Waals surface area contributed by atoms with Crippen molar-refractivity contribution in [3.63, 3.8) is 0 Å². The Hall–Kier alpha value is -1.47. The molecule has 3 rings (SSSR count). The monoisotopic (exact) mass is 378 g/mol. The molecule has 1 aliphatic rings. The van der Waals surface area contributed by atoms with Crippen LogP contribution in [0.25, 0.3) is 0 Å². The lowest BCUT2D eigenvalue weighted by atomic mass is 10.2. The molecule has 1 aliphatic heterocycles. The van der Waals surface area contributed by atoms with Crippen molar-refractivity contribution in [3.8, 4) is 0 Å². The van der Waals surface area contributed by atoms with Gasteiger partial charge in [-0.2, -0.15) is 0 Å². The first-order chi connectivity index (χ1) is 12.1. The number of aromatic nitrogens is 2. The Labute approximate surface area is 157 Å². The highest BCUT2D eigenvalue weighted by Crippen LogP contribution is 2.24. The van der Waals surface area contributed by atoms with Crippen LogP contribution in [0.3, 0.4) is 0 Å². The fraction of sp³-hybridized carbons (Fsp3) is 0.611. The van der Waals surface area contributed by atoms with Gasteiger partial charge in [-0.05, 0) is 33.1 Å². The quantitative estimate of drug-likeness (QED) is 0.791. The van der Waals surface area contributed by atoms with Gasteiger partial charge in [-0.1, -0.05) is 13.3 Å². The van der Waals surface area contributed by atoms with Crippen molar-refractivity contribution in [2.75, 3.05) is 31.1 Å². The van der Waals surface area contributed by atoms with Crippen molar-refractivity contribution in [1.82, 2.24) is 14.9 Å².